The van der Waals surface area contributed by atoms with Gasteiger partial charge in [-0.15, -0.1) is 11.3 Å². The molecule has 0 aliphatic carbocycles. The van der Waals surface area contributed by atoms with Crippen LogP contribution in [0.25, 0.3) is 10.1 Å². The van der Waals surface area contributed by atoms with Crippen LogP contribution >= 0.6 is 38.9 Å². The van der Waals surface area contributed by atoms with Crippen LogP contribution in [-0.4, -0.2) is 8.42 Å². The lowest BCUT2D eigenvalue weighted by Gasteiger charge is -2.10. The number of nitrogens with one attached hydrogen (secondary N) is 1. The van der Waals surface area contributed by atoms with Crippen molar-refractivity contribution in [3.63, 3.8) is 0 Å². The van der Waals surface area contributed by atoms with Gasteiger partial charge < -0.3 is 0 Å². The van der Waals surface area contributed by atoms with E-state index in [1.807, 2.05) is 17.5 Å². The smallest absolute Gasteiger partial charge is 0.263 e. The summed E-state index contributed by atoms with van der Waals surface area (Å²) in [6.07, 6.45) is 0. The molecule has 1 N–H and O–H groups in total. The summed E-state index contributed by atoms with van der Waals surface area (Å²) in [6, 6.07) is 12.0. The third kappa shape index (κ3) is 3.08. The first-order valence-corrected chi connectivity index (χ1v) is 9.44. The fourth-order valence-corrected chi connectivity index (χ4v) is 4.79. The van der Waals surface area contributed by atoms with E-state index in [-0.39, 0.29) is 9.92 Å². The third-order valence-corrected chi connectivity index (χ3v) is 6.14. The van der Waals surface area contributed by atoms with Crippen molar-refractivity contribution >= 4 is 64.7 Å². The quantitative estimate of drug-likeness (QED) is 0.661. The number of sulfonamides is 1. The Hall–Kier alpha value is -1.08. The van der Waals surface area contributed by atoms with Crippen LogP contribution in [0.4, 0.5) is 5.69 Å². The van der Waals surface area contributed by atoms with Crippen LogP contribution in [0.1, 0.15) is 0 Å². The molecule has 108 valence electrons. The van der Waals surface area contributed by atoms with E-state index >= 15 is 0 Å². The molecule has 0 amide bonds. The van der Waals surface area contributed by atoms with Crippen molar-refractivity contribution in [1.82, 2.24) is 0 Å². The first kappa shape index (κ1) is 14.8. The Kier molecular flexibility index (Phi) is 3.96. The summed E-state index contributed by atoms with van der Waals surface area (Å²) in [6.45, 7) is 0. The van der Waals surface area contributed by atoms with E-state index in [9.17, 15) is 8.42 Å². The highest BCUT2D eigenvalue weighted by Gasteiger charge is 2.18. The molecule has 0 aliphatic rings. The van der Waals surface area contributed by atoms with E-state index in [4.69, 9.17) is 11.6 Å². The average Bonchev–Trinajstić information content (AvgIpc) is 2.85. The topological polar surface area (TPSA) is 46.2 Å². The second-order valence-corrected chi connectivity index (χ2v) is 8.27. The van der Waals surface area contributed by atoms with Crippen molar-refractivity contribution < 1.29 is 8.42 Å². The highest BCUT2D eigenvalue weighted by Crippen LogP contribution is 2.29. The van der Waals surface area contributed by atoms with Crippen molar-refractivity contribution in [2.75, 3.05) is 4.72 Å². The van der Waals surface area contributed by atoms with Crippen LogP contribution in [0.15, 0.2) is 57.2 Å². The Balaban J connectivity index is 1.98. The second kappa shape index (κ2) is 5.61. The number of halogens is 2. The zero-order valence-corrected chi connectivity index (χ0v) is 14.5. The molecule has 0 atom stereocenters. The van der Waals surface area contributed by atoms with Gasteiger partial charge in [0.1, 0.15) is 4.90 Å². The zero-order valence-electron chi connectivity index (χ0n) is 10.5. The van der Waals surface area contributed by atoms with Crippen LogP contribution in [0.2, 0.25) is 5.02 Å². The van der Waals surface area contributed by atoms with Crippen molar-refractivity contribution in [2.45, 2.75) is 4.90 Å². The molecule has 0 radical (unpaired) electrons. The molecule has 0 bridgehead atoms. The van der Waals surface area contributed by atoms with E-state index in [2.05, 4.69) is 20.7 Å². The fourth-order valence-electron chi connectivity index (χ4n) is 1.93. The molecule has 7 heteroatoms. The number of hydrogen-bond acceptors (Lipinski definition) is 3. The first-order chi connectivity index (χ1) is 9.95. The molecular weight excluding hydrogens is 394 g/mol. The number of thiophene rings is 1. The Morgan fingerprint density at radius 3 is 2.67 bits per heavy atom. The zero-order chi connectivity index (χ0) is 15.0. The molecule has 3 aromatic rings. The predicted octanol–water partition coefficient (Wildman–Crippen LogP) is 5.12. The van der Waals surface area contributed by atoms with Gasteiger partial charge >= 0.3 is 0 Å². The lowest BCUT2D eigenvalue weighted by Crippen LogP contribution is -2.13. The van der Waals surface area contributed by atoms with Gasteiger partial charge in [-0.1, -0.05) is 27.5 Å². The molecule has 2 aromatic carbocycles. The SMILES string of the molecule is O=S(=O)(Nc1ccc2sccc2c1)c1ccc(Br)cc1Cl. The predicted molar refractivity (Wildman–Crippen MR) is 91.8 cm³/mol. The fraction of sp³-hybridized carbons (Fsp3) is 0. The van der Waals surface area contributed by atoms with Gasteiger partial charge in [0.05, 0.1) is 5.02 Å². The Morgan fingerprint density at radius 1 is 1.10 bits per heavy atom. The summed E-state index contributed by atoms with van der Waals surface area (Å²) in [5.74, 6) is 0. The summed E-state index contributed by atoms with van der Waals surface area (Å²) in [7, 11) is -3.71. The minimum Gasteiger partial charge on any atom is -0.280 e. The van der Waals surface area contributed by atoms with Crippen molar-refractivity contribution in [3.05, 3.63) is 57.3 Å². The van der Waals surface area contributed by atoms with E-state index in [0.29, 0.717) is 5.69 Å². The highest BCUT2D eigenvalue weighted by atomic mass is 79.9. The van der Waals surface area contributed by atoms with Gasteiger partial charge in [-0.25, -0.2) is 8.42 Å². The number of anilines is 1. The van der Waals surface area contributed by atoms with Crippen LogP contribution < -0.4 is 4.72 Å². The molecule has 1 aromatic heterocycles. The summed E-state index contributed by atoms with van der Waals surface area (Å²) < 4.78 is 29.2. The van der Waals surface area contributed by atoms with E-state index in [0.717, 1.165) is 14.6 Å². The van der Waals surface area contributed by atoms with Gasteiger partial charge in [-0.3, -0.25) is 4.72 Å². The second-order valence-electron chi connectivity index (χ2n) is 4.35. The van der Waals surface area contributed by atoms with Crippen LogP contribution in [0.5, 0.6) is 0 Å². The summed E-state index contributed by atoms with van der Waals surface area (Å²) >= 11 is 10.9. The van der Waals surface area contributed by atoms with Crippen LogP contribution in [-0.2, 0) is 10.0 Å². The molecule has 0 fully saturated rings. The lowest BCUT2D eigenvalue weighted by molar-refractivity contribution is 0.601. The Morgan fingerprint density at radius 2 is 1.90 bits per heavy atom. The number of fused-ring (bicyclic) bond motifs is 1. The Labute approximate surface area is 139 Å². The molecule has 0 saturated heterocycles. The van der Waals surface area contributed by atoms with Crippen molar-refractivity contribution in [3.8, 4) is 0 Å². The maximum Gasteiger partial charge on any atom is 0.263 e. The molecule has 0 unspecified atom stereocenters. The van der Waals surface area contributed by atoms with Gasteiger partial charge in [-0.05, 0) is 53.2 Å². The Bertz CT molecular complexity index is 922. The molecule has 21 heavy (non-hydrogen) atoms. The summed E-state index contributed by atoms with van der Waals surface area (Å²) in [5.41, 5.74) is 0.514. The number of hydrogen-bond donors (Lipinski definition) is 1. The molecule has 3 rings (SSSR count). The minimum atomic E-state index is -3.71. The summed E-state index contributed by atoms with van der Waals surface area (Å²) in [4.78, 5) is 0.0535. The van der Waals surface area contributed by atoms with Gasteiger partial charge in [-0.2, -0.15) is 0 Å². The maximum atomic E-state index is 12.4. The molecule has 3 nitrogen and oxygen atoms in total. The van der Waals surface area contributed by atoms with Gasteiger partial charge in [0.15, 0.2) is 0 Å². The maximum absolute atomic E-state index is 12.4. The molecule has 0 saturated carbocycles. The molecule has 0 aliphatic heterocycles. The van der Waals surface area contributed by atoms with Crippen LogP contribution in [0, 0.1) is 0 Å². The lowest BCUT2D eigenvalue weighted by atomic mass is 10.2. The average molecular weight is 403 g/mol. The molecule has 1 heterocycles. The normalized spacial score (nSPS) is 11.7. The number of benzene rings is 2. The number of rotatable bonds is 3. The molecule has 0 spiro atoms. The van der Waals surface area contributed by atoms with Crippen LogP contribution in [0.3, 0.4) is 0 Å². The van der Waals surface area contributed by atoms with Gasteiger partial charge in [0, 0.05) is 14.9 Å². The van der Waals surface area contributed by atoms with Gasteiger partial charge in [0.2, 0.25) is 0 Å². The third-order valence-electron chi connectivity index (χ3n) is 2.89. The van der Waals surface area contributed by atoms with E-state index < -0.39 is 10.0 Å². The highest BCUT2D eigenvalue weighted by molar-refractivity contribution is 9.10. The van der Waals surface area contributed by atoms with E-state index in [1.165, 1.54) is 6.07 Å². The van der Waals surface area contributed by atoms with E-state index in [1.54, 1.807) is 35.6 Å². The largest absolute Gasteiger partial charge is 0.280 e. The monoisotopic (exact) mass is 401 g/mol. The minimum absolute atomic E-state index is 0.0535. The van der Waals surface area contributed by atoms with Crippen molar-refractivity contribution in [2.24, 2.45) is 0 Å². The van der Waals surface area contributed by atoms with Gasteiger partial charge in [0.25, 0.3) is 10.0 Å². The van der Waals surface area contributed by atoms with Crippen molar-refractivity contribution in [1.29, 1.82) is 0 Å². The standard InChI is InChI=1S/C14H9BrClNO2S2/c15-10-1-4-14(12(16)8-10)21(18,19)17-11-2-3-13-9(7-11)5-6-20-13/h1-8,17H. The molecular formula is C14H9BrClNO2S2. The summed E-state index contributed by atoms with van der Waals surface area (Å²) in [5, 5.41) is 3.14. The first-order valence-electron chi connectivity index (χ1n) is 5.91.